The minimum atomic E-state index is 0.155. The van der Waals surface area contributed by atoms with Crippen LogP contribution >= 0.6 is 0 Å². The van der Waals surface area contributed by atoms with Gasteiger partial charge in [0.1, 0.15) is 0 Å². The molecule has 2 nitrogen and oxygen atoms in total. The molecule has 1 aromatic rings. The van der Waals surface area contributed by atoms with E-state index in [2.05, 4.69) is 38.2 Å². The molecule has 17 heavy (non-hydrogen) atoms. The maximum Gasteiger partial charge on any atom is 0.220 e. The minimum Gasteiger partial charge on any atom is -0.356 e. The second-order valence-electron chi connectivity index (χ2n) is 5.05. The molecule has 0 saturated heterocycles. The highest BCUT2D eigenvalue weighted by Gasteiger charge is 2.10. The Morgan fingerprint density at radius 3 is 2.41 bits per heavy atom. The SMILES string of the molecule is CC(C)CCNC(=O)CC(C)c1ccccc1. The Kier molecular flexibility index (Phi) is 5.75. The first-order valence-corrected chi connectivity index (χ1v) is 6.41. The lowest BCUT2D eigenvalue weighted by atomic mass is 9.97. The molecule has 0 heterocycles. The first-order chi connectivity index (χ1) is 8.09. The molecule has 0 aliphatic rings. The summed E-state index contributed by atoms with van der Waals surface area (Å²) in [6.07, 6.45) is 1.62. The molecule has 1 unspecified atom stereocenters. The average molecular weight is 233 g/mol. The third-order valence-electron chi connectivity index (χ3n) is 2.90. The van der Waals surface area contributed by atoms with Crippen LogP contribution in [0.25, 0.3) is 0 Å². The normalized spacial score (nSPS) is 12.5. The zero-order valence-corrected chi connectivity index (χ0v) is 11.1. The fourth-order valence-corrected chi connectivity index (χ4v) is 1.75. The van der Waals surface area contributed by atoms with Crippen molar-refractivity contribution < 1.29 is 4.79 Å². The molecule has 0 aliphatic carbocycles. The average Bonchev–Trinajstić information content (AvgIpc) is 2.29. The summed E-state index contributed by atoms with van der Waals surface area (Å²) in [5.41, 5.74) is 1.23. The van der Waals surface area contributed by atoms with Crippen LogP contribution in [0.4, 0.5) is 0 Å². The molecule has 94 valence electrons. The van der Waals surface area contributed by atoms with Gasteiger partial charge in [0.15, 0.2) is 0 Å². The summed E-state index contributed by atoms with van der Waals surface area (Å²) in [6.45, 7) is 7.22. The summed E-state index contributed by atoms with van der Waals surface area (Å²) in [6, 6.07) is 10.2. The molecular weight excluding hydrogens is 210 g/mol. The molecule has 2 heteroatoms. The fourth-order valence-electron chi connectivity index (χ4n) is 1.75. The maximum absolute atomic E-state index is 11.7. The summed E-state index contributed by atoms with van der Waals surface area (Å²) in [5.74, 6) is 1.08. The first kappa shape index (κ1) is 13.8. The molecule has 0 aliphatic heterocycles. The predicted molar refractivity (Wildman–Crippen MR) is 71.9 cm³/mol. The lowest BCUT2D eigenvalue weighted by Crippen LogP contribution is -2.26. The lowest BCUT2D eigenvalue weighted by Gasteiger charge is -2.12. The number of carbonyl (C=O) groups is 1. The Balaban J connectivity index is 2.31. The van der Waals surface area contributed by atoms with Gasteiger partial charge in [0, 0.05) is 13.0 Å². The third kappa shape index (κ3) is 5.53. The van der Waals surface area contributed by atoms with E-state index in [1.165, 1.54) is 5.56 Å². The van der Waals surface area contributed by atoms with Crippen molar-refractivity contribution in [3.8, 4) is 0 Å². The van der Waals surface area contributed by atoms with Gasteiger partial charge < -0.3 is 5.32 Å². The van der Waals surface area contributed by atoms with E-state index in [1.54, 1.807) is 0 Å². The lowest BCUT2D eigenvalue weighted by molar-refractivity contribution is -0.121. The Morgan fingerprint density at radius 1 is 1.18 bits per heavy atom. The van der Waals surface area contributed by atoms with E-state index < -0.39 is 0 Å². The van der Waals surface area contributed by atoms with E-state index in [-0.39, 0.29) is 11.8 Å². The molecule has 0 spiro atoms. The largest absolute Gasteiger partial charge is 0.356 e. The van der Waals surface area contributed by atoms with E-state index in [1.807, 2.05) is 18.2 Å². The van der Waals surface area contributed by atoms with Gasteiger partial charge in [-0.3, -0.25) is 4.79 Å². The van der Waals surface area contributed by atoms with Gasteiger partial charge in [-0.05, 0) is 23.8 Å². The molecule has 0 fully saturated rings. The van der Waals surface area contributed by atoms with Crippen LogP contribution in [0, 0.1) is 5.92 Å². The highest BCUT2D eigenvalue weighted by atomic mass is 16.1. The van der Waals surface area contributed by atoms with Crippen molar-refractivity contribution in [3.63, 3.8) is 0 Å². The van der Waals surface area contributed by atoms with Crippen LogP contribution in [0.2, 0.25) is 0 Å². The molecule has 0 aromatic heterocycles. The van der Waals surface area contributed by atoms with Crippen LogP contribution in [0.5, 0.6) is 0 Å². The van der Waals surface area contributed by atoms with E-state index in [4.69, 9.17) is 0 Å². The van der Waals surface area contributed by atoms with Gasteiger partial charge in [0.25, 0.3) is 0 Å². The number of rotatable bonds is 6. The van der Waals surface area contributed by atoms with Crippen LogP contribution < -0.4 is 5.32 Å². The third-order valence-corrected chi connectivity index (χ3v) is 2.90. The smallest absolute Gasteiger partial charge is 0.220 e. The van der Waals surface area contributed by atoms with E-state index >= 15 is 0 Å². The number of hydrogen-bond donors (Lipinski definition) is 1. The van der Waals surface area contributed by atoms with Crippen LogP contribution in [0.15, 0.2) is 30.3 Å². The van der Waals surface area contributed by atoms with Gasteiger partial charge in [0.2, 0.25) is 5.91 Å². The van der Waals surface area contributed by atoms with E-state index in [9.17, 15) is 4.79 Å². The van der Waals surface area contributed by atoms with Crippen LogP contribution in [0.3, 0.4) is 0 Å². The van der Waals surface area contributed by atoms with Crippen molar-refractivity contribution >= 4 is 5.91 Å². The van der Waals surface area contributed by atoms with Crippen molar-refractivity contribution in [3.05, 3.63) is 35.9 Å². The van der Waals surface area contributed by atoms with E-state index in [0.29, 0.717) is 12.3 Å². The molecule has 1 rings (SSSR count). The van der Waals surface area contributed by atoms with Crippen molar-refractivity contribution in [1.29, 1.82) is 0 Å². The van der Waals surface area contributed by atoms with Crippen molar-refractivity contribution in [2.45, 2.75) is 39.5 Å². The summed E-state index contributed by atoms with van der Waals surface area (Å²) in [5, 5.41) is 2.98. The second kappa shape index (κ2) is 7.10. The Bertz CT molecular complexity index is 332. The second-order valence-corrected chi connectivity index (χ2v) is 5.05. The molecule has 0 saturated carbocycles. The van der Waals surface area contributed by atoms with Crippen LogP contribution in [0.1, 0.15) is 45.1 Å². The molecule has 1 amide bonds. The zero-order valence-electron chi connectivity index (χ0n) is 11.1. The number of hydrogen-bond acceptors (Lipinski definition) is 1. The van der Waals surface area contributed by atoms with E-state index in [0.717, 1.165) is 13.0 Å². The van der Waals surface area contributed by atoms with Gasteiger partial charge in [-0.1, -0.05) is 51.1 Å². The summed E-state index contributed by atoms with van der Waals surface area (Å²) in [4.78, 5) is 11.7. The number of nitrogens with one attached hydrogen (secondary N) is 1. The summed E-state index contributed by atoms with van der Waals surface area (Å²) < 4.78 is 0. The predicted octanol–water partition coefficient (Wildman–Crippen LogP) is 3.34. The van der Waals surface area contributed by atoms with Gasteiger partial charge >= 0.3 is 0 Å². The van der Waals surface area contributed by atoms with Crippen molar-refractivity contribution in [1.82, 2.24) is 5.32 Å². The number of amides is 1. The Labute approximate surface area is 104 Å². The molecule has 0 bridgehead atoms. The first-order valence-electron chi connectivity index (χ1n) is 6.41. The Hall–Kier alpha value is -1.31. The number of benzene rings is 1. The van der Waals surface area contributed by atoms with Gasteiger partial charge in [-0.15, -0.1) is 0 Å². The fraction of sp³-hybridized carbons (Fsp3) is 0.533. The van der Waals surface area contributed by atoms with Crippen LogP contribution in [-0.4, -0.2) is 12.5 Å². The molecule has 1 atom stereocenters. The standard InChI is InChI=1S/C15H23NO/c1-12(2)9-10-16-15(17)11-13(3)14-7-5-4-6-8-14/h4-8,12-13H,9-11H2,1-3H3,(H,16,17). The molecule has 0 radical (unpaired) electrons. The summed E-state index contributed by atoms with van der Waals surface area (Å²) in [7, 11) is 0. The highest BCUT2D eigenvalue weighted by molar-refractivity contribution is 5.76. The van der Waals surface area contributed by atoms with Crippen molar-refractivity contribution in [2.75, 3.05) is 6.54 Å². The highest BCUT2D eigenvalue weighted by Crippen LogP contribution is 2.17. The van der Waals surface area contributed by atoms with Crippen molar-refractivity contribution in [2.24, 2.45) is 5.92 Å². The maximum atomic E-state index is 11.7. The van der Waals surface area contributed by atoms with Gasteiger partial charge in [-0.2, -0.15) is 0 Å². The molecule has 1 aromatic carbocycles. The monoisotopic (exact) mass is 233 g/mol. The minimum absolute atomic E-state index is 0.155. The summed E-state index contributed by atoms with van der Waals surface area (Å²) >= 11 is 0. The Morgan fingerprint density at radius 2 is 1.82 bits per heavy atom. The molecular formula is C15H23NO. The van der Waals surface area contributed by atoms with Gasteiger partial charge in [-0.25, -0.2) is 0 Å². The number of carbonyl (C=O) groups excluding carboxylic acids is 1. The quantitative estimate of drug-likeness (QED) is 0.802. The van der Waals surface area contributed by atoms with Gasteiger partial charge in [0.05, 0.1) is 0 Å². The topological polar surface area (TPSA) is 29.1 Å². The zero-order chi connectivity index (χ0) is 12.7. The molecule has 1 N–H and O–H groups in total. The van der Waals surface area contributed by atoms with Crippen LogP contribution in [-0.2, 0) is 4.79 Å².